The highest BCUT2D eigenvalue weighted by Gasteiger charge is 2.15. The highest BCUT2D eigenvalue weighted by atomic mass is 32.2. The van der Waals surface area contributed by atoms with Gasteiger partial charge in [0, 0.05) is 0 Å². The van der Waals surface area contributed by atoms with Crippen LogP contribution in [0.15, 0.2) is 120 Å². The maximum absolute atomic E-state index is 11.3. The number of hydrogen-bond donors (Lipinski definition) is 2. The van der Waals surface area contributed by atoms with Crippen molar-refractivity contribution in [1.82, 2.24) is 0 Å². The highest BCUT2D eigenvalue weighted by molar-refractivity contribution is 7.85. The molecule has 0 atom stereocenters. The Morgan fingerprint density at radius 1 is 0.714 bits per heavy atom. The van der Waals surface area contributed by atoms with Crippen molar-refractivity contribution in [2.75, 3.05) is 13.2 Å². The van der Waals surface area contributed by atoms with Crippen LogP contribution in [0.5, 0.6) is 0 Å². The van der Waals surface area contributed by atoms with E-state index in [0.29, 0.717) is 0 Å². The molecule has 0 unspecified atom stereocenters. The van der Waals surface area contributed by atoms with Crippen LogP contribution in [-0.2, 0) is 14.9 Å². The van der Waals surface area contributed by atoms with E-state index in [2.05, 4.69) is 95.7 Å². The van der Waals surface area contributed by atoms with Crippen LogP contribution in [0.2, 0.25) is 0 Å². The number of benzene rings is 4. The Kier molecular flexibility index (Phi) is 9.70. The zero-order valence-corrected chi connectivity index (χ0v) is 20.5. The molecule has 4 aromatic rings. The van der Waals surface area contributed by atoms with Gasteiger partial charge in [-0.25, -0.2) is 4.79 Å². The number of ether oxygens (including phenoxy) is 1. The summed E-state index contributed by atoms with van der Waals surface area (Å²) in [6, 6.07) is 37.1. The van der Waals surface area contributed by atoms with Crippen LogP contribution < -0.4 is 15.9 Å². The fraction of sp³-hybridized carbons (Fsp3) is 0.0741. The van der Waals surface area contributed by atoms with E-state index in [-0.39, 0.29) is 23.7 Å². The standard InChI is InChI=1S/C18H15P.C9H10O6S/c1-4-10-16(11-5-1)19(17-12-6-2-7-13-17)18-14-8-3-9-15-18;10-4-5-15-9(11)7-2-1-3-8(6-7)16(12,13)14/h1-15H;1-3,6,10H,4-5H2,(H,12,13,14). The van der Waals surface area contributed by atoms with E-state index in [1.807, 2.05) is 0 Å². The lowest BCUT2D eigenvalue weighted by Gasteiger charge is -2.18. The first-order chi connectivity index (χ1) is 16.9. The molecule has 180 valence electrons. The minimum Gasteiger partial charge on any atom is -0.460 e. The van der Waals surface area contributed by atoms with Crippen LogP contribution in [-0.4, -0.2) is 37.3 Å². The fourth-order valence-corrected chi connectivity index (χ4v) is 6.02. The lowest BCUT2D eigenvalue weighted by Crippen LogP contribution is -2.20. The van der Waals surface area contributed by atoms with Gasteiger partial charge in [-0.2, -0.15) is 8.42 Å². The monoisotopic (exact) mass is 508 g/mol. The minimum atomic E-state index is -4.34. The molecule has 0 saturated carbocycles. The molecule has 0 heterocycles. The molecular weight excluding hydrogens is 483 g/mol. The highest BCUT2D eigenvalue weighted by Crippen LogP contribution is 2.32. The Labute approximate surface area is 206 Å². The van der Waals surface area contributed by atoms with Gasteiger partial charge in [0.2, 0.25) is 0 Å². The molecule has 2 N–H and O–H groups in total. The number of aliphatic hydroxyl groups excluding tert-OH is 1. The van der Waals surface area contributed by atoms with Crippen LogP contribution in [0.1, 0.15) is 10.4 Å². The molecule has 0 bridgehead atoms. The number of aliphatic hydroxyl groups is 1. The molecule has 0 aliphatic carbocycles. The summed E-state index contributed by atoms with van der Waals surface area (Å²) in [6.07, 6.45) is 0. The average Bonchev–Trinajstić information content (AvgIpc) is 2.89. The summed E-state index contributed by atoms with van der Waals surface area (Å²) in [5.41, 5.74) is -0.0106. The Morgan fingerprint density at radius 2 is 1.17 bits per heavy atom. The first-order valence-electron chi connectivity index (χ1n) is 10.7. The topological polar surface area (TPSA) is 101 Å². The van der Waals surface area contributed by atoms with Crippen molar-refractivity contribution in [3.05, 3.63) is 121 Å². The number of hydrogen-bond acceptors (Lipinski definition) is 5. The Balaban J connectivity index is 0.000000199. The summed E-state index contributed by atoms with van der Waals surface area (Å²) in [5, 5.41) is 12.6. The third-order valence-electron chi connectivity index (χ3n) is 4.74. The summed E-state index contributed by atoms with van der Waals surface area (Å²) >= 11 is 0. The van der Waals surface area contributed by atoms with Gasteiger partial charge in [-0.3, -0.25) is 4.55 Å². The Hall–Kier alpha value is -3.35. The second-order valence-corrected chi connectivity index (χ2v) is 10.8. The number of carbonyl (C=O) groups excluding carboxylic acids is 1. The number of carbonyl (C=O) groups is 1. The molecular formula is C27H25O6PS. The third-order valence-corrected chi connectivity index (χ3v) is 8.03. The quantitative estimate of drug-likeness (QED) is 0.225. The fourth-order valence-electron chi connectivity index (χ4n) is 3.18. The second kappa shape index (κ2) is 12.9. The zero-order chi connectivity index (χ0) is 25.1. The van der Waals surface area contributed by atoms with Crippen LogP contribution in [0.4, 0.5) is 0 Å². The van der Waals surface area contributed by atoms with Crippen molar-refractivity contribution in [2.45, 2.75) is 4.90 Å². The molecule has 0 fully saturated rings. The van der Waals surface area contributed by atoms with E-state index in [1.54, 1.807) is 0 Å². The summed E-state index contributed by atoms with van der Waals surface area (Å²) in [4.78, 5) is 10.9. The maximum Gasteiger partial charge on any atom is 0.338 e. The smallest absolute Gasteiger partial charge is 0.338 e. The summed E-state index contributed by atoms with van der Waals surface area (Å²) < 4.78 is 34.9. The normalized spacial score (nSPS) is 10.8. The van der Waals surface area contributed by atoms with Crippen molar-refractivity contribution in [1.29, 1.82) is 0 Å². The lowest BCUT2D eigenvalue weighted by molar-refractivity contribution is 0.0433. The van der Waals surface area contributed by atoms with E-state index < -0.39 is 24.0 Å². The van der Waals surface area contributed by atoms with Gasteiger partial charge in [-0.15, -0.1) is 0 Å². The lowest BCUT2D eigenvalue weighted by atomic mass is 10.2. The van der Waals surface area contributed by atoms with Crippen molar-refractivity contribution >= 4 is 39.9 Å². The predicted molar refractivity (Wildman–Crippen MR) is 139 cm³/mol. The maximum atomic E-state index is 11.3. The van der Waals surface area contributed by atoms with Gasteiger partial charge in [-0.1, -0.05) is 97.1 Å². The van der Waals surface area contributed by atoms with E-state index in [9.17, 15) is 13.2 Å². The van der Waals surface area contributed by atoms with Crippen LogP contribution in [0.3, 0.4) is 0 Å². The molecule has 0 aliphatic rings. The van der Waals surface area contributed by atoms with E-state index in [1.165, 1.54) is 28.0 Å². The van der Waals surface area contributed by atoms with Crippen LogP contribution >= 0.6 is 7.92 Å². The molecule has 0 radical (unpaired) electrons. The van der Waals surface area contributed by atoms with Gasteiger partial charge in [-0.05, 0) is 42.0 Å². The summed E-state index contributed by atoms with van der Waals surface area (Å²) in [6.45, 7) is -0.487. The number of esters is 1. The van der Waals surface area contributed by atoms with Crippen molar-refractivity contribution in [2.24, 2.45) is 0 Å². The van der Waals surface area contributed by atoms with Gasteiger partial charge in [0.15, 0.2) is 0 Å². The van der Waals surface area contributed by atoms with Gasteiger partial charge in [0.1, 0.15) is 6.61 Å². The Morgan fingerprint density at radius 3 is 1.57 bits per heavy atom. The summed E-state index contributed by atoms with van der Waals surface area (Å²) in [5.74, 6) is -0.764. The SMILES string of the molecule is O=C(OCCO)c1cccc(S(=O)(=O)O)c1.c1ccc(P(c2ccccc2)c2ccccc2)cc1. The van der Waals surface area contributed by atoms with E-state index in [4.69, 9.17) is 9.66 Å². The van der Waals surface area contributed by atoms with E-state index in [0.717, 1.165) is 12.1 Å². The zero-order valence-electron chi connectivity index (χ0n) is 18.8. The first-order valence-corrected chi connectivity index (χ1v) is 13.5. The Bertz CT molecular complexity index is 1220. The third kappa shape index (κ3) is 7.84. The molecule has 4 rings (SSSR count). The molecule has 4 aromatic carbocycles. The van der Waals surface area contributed by atoms with Gasteiger partial charge < -0.3 is 9.84 Å². The van der Waals surface area contributed by atoms with Gasteiger partial charge >= 0.3 is 5.97 Å². The molecule has 0 amide bonds. The van der Waals surface area contributed by atoms with E-state index >= 15 is 0 Å². The van der Waals surface area contributed by atoms with Crippen molar-refractivity contribution in [3.8, 4) is 0 Å². The predicted octanol–water partition coefficient (Wildman–Crippen LogP) is 3.53. The summed E-state index contributed by atoms with van der Waals surface area (Å²) in [7, 11) is -4.78. The first kappa shape index (κ1) is 26.3. The largest absolute Gasteiger partial charge is 0.460 e. The number of rotatable bonds is 7. The van der Waals surface area contributed by atoms with Gasteiger partial charge in [0.25, 0.3) is 10.1 Å². The molecule has 6 nitrogen and oxygen atoms in total. The van der Waals surface area contributed by atoms with Crippen LogP contribution in [0.25, 0.3) is 0 Å². The van der Waals surface area contributed by atoms with Crippen LogP contribution in [0, 0.1) is 0 Å². The second-order valence-electron chi connectivity index (χ2n) is 7.20. The molecule has 35 heavy (non-hydrogen) atoms. The minimum absolute atomic E-state index is 0.0106. The molecule has 0 saturated heterocycles. The van der Waals surface area contributed by atoms with Crippen molar-refractivity contribution < 1.29 is 27.6 Å². The molecule has 8 heteroatoms. The van der Waals surface area contributed by atoms with Crippen molar-refractivity contribution in [3.63, 3.8) is 0 Å². The molecule has 0 spiro atoms. The molecule has 0 aliphatic heterocycles. The average molecular weight is 509 g/mol. The van der Waals surface area contributed by atoms with Gasteiger partial charge in [0.05, 0.1) is 17.1 Å². The molecule has 0 aromatic heterocycles.